The molecule has 0 aliphatic rings. The fourth-order valence-corrected chi connectivity index (χ4v) is 4.41. The van der Waals surface area contributed by atoms with E-state index in [1.165, 1.54) is 11.4 Å². The van der Waals surface area contributed by atoms with Gasteiger partial charge in [0.1, 0.15) is 10.6 Å². The van der Waals surface area contributed by atoms with Gasteiger partial charge >= 0.3 is 0 Å². The van der Waals surface area contributed by atoms with Gasteiger partial charge in [0.15, 0.2) is 0 Å². The lowest BCUT2D eigenvalue weighted by molar-refractivity contribution is 0.219. The van der Waals surface area contributed by atoms with Crippen LogP contribution >= 0.6 is 0 Å². The third-order valence-corrected chi connectivity index (χ3v) is 5.55. The first kappa shape index (κ1) is 17.9. The minimum atomic E-state index is -3.70. The SMILES string of the molecule is CCC(CC)N(CCO)S(=O)(=O)c1cc(C)ccc1OC. The first-order chi connectivity index (χ1) is 9.92. The van der Waals surface area contributed by atoms with Crippen LogP contribution in [0.3, 0.4) is 0 Å². The van der Waals surface area contributed by atoms with Gasteiger partial charge in [0.2, 0.25) is 10.0 Å². The van der Waals surface area contributed by atoms with Crippen molar-refractivity contribution in [2.24, 2.45) is 0 Å². The molecule has 21 heavy (non-hydrogen) atoms. The van der Waals surface area contributed by atoms with Gasteiger partial charge in [0.25, 0.3) is 0 Å². The normalized spacial score (nSPS) is 12.1. The number of benzene rings is 1. The molecule has 6 heteroatoms. The average Bonchev–Trinajstić information content (AvgIpc) is 2.47. The van der Waals surface area contributed by atoms with Crippen molar-refractivity contribution < 1.29 is 18.3 Å². The number of sulfonamides is 1. The third kappa shape index (κ3) is 3.96. The van der Waals surface area contributed by atoms with Crippen molar-refractivity contribution in [3.63, 3.8) is 0 Å². The minimum Gasteiger partial charge on any atom is -0.495 e. The Morgan fingerprint density at radius 1 is 1.29 bits per heavy atom. The maximum atomic E-state index is 12.9. The maximum absolute atomic E-state index is 12.9. The van der Waals surface area contributed by atoms with Crippen LogP contribution in [0.1, 0.15) is 32.3 Å². The van der Waals surface area contributed by atoms with Crippen molar-refractivity contribution in [2.75, 3.05) is 20.3 Å². The number of aliphatic hydroxyl groups is 1. The molecule has 1 aromatic rings. The molecule has 0 atom stereocenters. The van der Waals surface area contributed by atoms with Crippen molar-refractivity contribution >= 4 is 10.0 Å². The van der Waals surface area contributed by atoms with Crippen LogP contribution in [0.4, 0.5) is 0 Å². The number of methoxy groups -OCH3 is 1. The lowest BCUT2D eigenvalue weighted by Gasteiger charge is -2.29. The van der Waals surface area contributed by atoms with E-state index in [2.05, 4.69) is 0 Å². The highest BCUT2D eigenvalue weighted by molar-refractivity contribution is 7.89. The van der Waals surface area contributed by atoms with Gasteiger partial charge in [-0.05, 0) is 37.5 Å². The lowest BCUT2D eigenvalue weighted by Crippen LogP contribution is -2.41. The van der Waals surface area contributed by atoms with Gasteiger partial charge < -0.3 is 9.84 Å². The summed E-state index contributed by atoms with van der Waals surface area (Å²) in [5.41, 5.74) is 0.850. The summed E-state index contributed by atoms with van der Waals surface area (Å²) in [5, 5.41) is 9.23. The highest BCUT2D eigenvalue weighted by atomic mass is 32.2. The molecular formula is C15H25NO4S. The summed E-state index contributed by atoms with van der Waals surface area (Å²) in [5.74, 6) is 0.328. The zero-order valence-electron chi connectivity index (χ0n) is 13.2. The monoisotopic (exact) mass is 315 g/mol. The van der Waals surface area contributed by atoms with Crippen molar-refractivity contribution in [3.05, 3.63) is 23.8 Å². The summed E-state index contributed by atoms with van der Waals surface area (Å²) < 4.78 is 32.5. The van der Waals surface area contributed by atoms with Gasteiger partial charge in [0.05, 0.1) is 13.7 Å². The Balaban J connectivity index is 3.38. The Morgan fingerprint density at radius 3 is 2.38 bits per heavy atom. The van der Waals surface area contributed by atoms with Crippen molar-refractivity contribution in [3.8, 4) is 5.75 Å². The Bertz CT molecular complexity index is 553. The number of ether oxygens (including phenoxy) is 1. The minimum absolute atomic E-state index is 0.0891. The number of hydrogen-bond acceptors (Lipinski definition) is 4. The Morgan fingerprint density at radius 2 is 1.90 bits per heavy atom. The predicted octanol–water partition coefficient (Wildman–Crippen LogP) is 2.18. The molecule has 5 nitrogen and oxygen atoms in total. The smallest absolute Gasteiger partial charge is 0.247 e. The van der Waals surface area contributed by atoms with Gasteiger partial charge in [-0.2, -0.15) is 4.31 Å². The van der Waals surface area contributed by atoms with E-state index >= 15 is 0 Å². The molecule has 0 heterocycles. The molecule has 0 radical (unpaired) electrons. The molecule has 0 fully saturated rings. The van der Waals surface area contributed by atoms with Crippen molar-refractivity contribution in [1.82, 2.24) is 4.31 Å². The van der Waals surface area contributed by atoms with E-state index in [0.29, 0.717) is 18.6 Å². The summed E-state index contributed by atoms with van der Waals surface area (Å²) in [6, 6.07) is 4.95. The number of rotatable bonds is 8. The van der Waals surface area contributed by atoms with Crippen LogP contribution in [-0.4, -0.2) is 44.1 Å². The molecule has 0 bridgehead atoms. The van der Waals surface area contributed by atoms with Crippen LogP contribution in [-0.2, 0) is 10.0 Å². The van der Waals surface area contributed by atoms with E-state index in [-0.39, 0.29) is 24.1 Å². The first-order valence-corrected chi connectivity index (χ1v) is 8.63. The second kappa shape index (κ2) is 7.77. The molecule has 0 spiro atoms. The molecule has 120 valence electrons. The van der Waals surface area contributed by atoms with E-state index in [0.717, 1.165) is 5.56 Å². The standard InChI is InChI=1S/C15H25NO4S/c1-5-13(6-2)16(9-10-17)21(18,19)15-11-12(3)7-8-14(15)20-4/h7-8,11,13,17H,5-6,9-10H2,1-4H3. The summed E-state index contributed by atoms with van der Waals surface area (Å²) in [4.78, 5) is 0.158. The largest absolute Gasteiger partial charge is 0.495 e. The number of aliphatic hydroxyl groups excluding tert-OH is 1. The zero-order chi connectivity index (χ0) is 16.0. The molecule has 0 saturated heterocycles. The van der Waals surface area contributed by atoms with Gasteiger partial charge in [-0.3, -0.25) is 0 Å². The van der Waals surface area contributed by atoms with Crippen LogP contribution in [0.5, 0.6) is 5.75 Å². The van der Waals surface area contributed by atoms with E-state index in [1.54, 1.807) is 12.1 Å². The molecule has 0 amide bonds. The van der Waals surface area contributed by atoms with E-state index in [9.17, 15) is 13.5 Å². The second-order valence-electron chi connectivity index (χ2n) is 4.96. The topological polar surface area (TPSA) is 66.8 Å². The van der Waals surface area contributed by atoms with Gasteiger partial charge in [-0.1, -0.05) is 19.9 Å². The van der Waals surface area contributed by atoms with Crippen LogP contribution in [0.2, 0.25) is 0 Å². The summed E-state index contributed by atoms with van der Waals surface area (Å²) in [6.07, 6.45) is 1.40. The van der Waals surface area contributed by atoms with E-state index in [1.807, 2.05) is 26.8 Å². The second-order valence-corrected chi connectivity index (χ2v) is 6.82. The molecule has 0 saturated carbocycles. The fraction of sp³-hybridized carbons (Fsp3) is 0.600. The molecule has 0 aromatic heterocycles. The summed E-state index contributed by atoms with van der Waals surface area (Å²) >= 11 is 0. The number of nitrogens with zero attached hydrogens (tertiary/aromatic N) is 1. The van der Waals surface area contributed by atoms with E-state index < -0.39 is 10.0 Å². The zero-order valence-corrected chi connectivity index (χ0v) is 14.0. The molecule has 0 unspecified atom stereocenters. The Hall–Kier alpha value is -1.11. The molecule has 0 aliphatic heterocycles. The summed E-state index contributed by atoms with van der Waals surface area (Å²) in [6.45, 7) is 5.62. The first-order valence-electron chi connectivity index (χ1n) is 7.19. The predicted molar refractivity (Wildman–Crippen MR) is 83.1 cm³/mol. The fourth-order valence-electron chi connectivity index (χ4n) is 2.41. The van der Waals surface area contributed by atoms with Gasteiger partial charge in [-0.25, -0.2) is 8.42 Å². The van der Waals surface area contributed by atoms with Crippen LogP contribution in [0, 0.1) is 6.92 Å². The molecular weight excluding hydrogens is 290 g/mol. The van der Waals surface area contributed by atoms with Crippen LogP contribution in [0.25, 0.3) is 0 Å². The number of hydrogen-bond donors (Lipinski definition) is 1. The van der Waals surface area contributed by atoms with Crippen LogP contribution < -0.4 is 4.74 Å². The highest BCUT2D eigenvalue weighted by Gasteiger charge is 2.31. The summed E-state index contributed by atoms with van der Waals surface area (Å²) in [7, 11) is -2.25. The molecule has 1 N–H and O–H groups in total. The lowest BCUT2D eigenvalue weighted by atomic mass is 10.2. The quantitative estimate of drug-likeness (QED) is 0.798. The third-order valence-electron chi connectivity index (χ3n) is 3.58. The Labute approximate surface area is 127 Å². The van der Waals surface area contributed by atoms with Gasteiger partial charge in [-0.15, -0.1) is 0 Å². The van der Waals surface area contributed by atoms with E-state index in [4.69, 9.17) is 4.74 Å². The van der Waals surface area contributed by atoms with Crippen LogP contribution in [0.15, 0.2) is 23.1 Å². The van der Waals surface area contributed by atoms with Gasteiger partial charge in [0, 0.05) is 12.6 Å². The Kier molecular flexibility index (Phi) is 6.64. The van der Waals surface area contributed by atoms with Crippen molar-refractivity contribution in [2.45, 2.75) is 44.6 Å². The van der Waals surface area contributed by atoms with Crippen molar-refractivity contribution in [1.29, 1.82) is 0 Å². The molecule has 1 rings (SSSR count). The highest BCUT2D eigenvalue weighted by Crippen LogP contribution is 2.29. The molecule has 1 aromatic carbocycles. The number of aryl methyl sites for hydroxylation is 1. The maximum Gasteiger partial charge on any atom is 0.247 e. The average molecular weight is 315 g/mol. The molecule has 0 aliphatic carbocycles.